The van der Waals surface area contributed by atoms with Gasteiger partial charge in [-0.05, 0) is 53.4 Å². The fourth-order valence-electron chi connectivity index (χ4n) is 3.01. The van der Waals surface area contributed by atoms with Crippen molar-refractivity contribution in [3.05, 3.63) is 71.3 Å². The minimum atomic E-state index is -4.49. The molecule has 3 rings (SSSR count). The van der Waals surface area contributed by atoms with Gasteiger partial charge >= 0.3 is 18.3 Å². The summed E-state index contributed by atoms with van der Waals surface area (Å²) in [5.74, 6) is -1.05. The summed E-state index contributed by atoms with van der Waals surface area (Å²) in [6.45, 7) is 0. The Kier molecular flexibility index (Phi) is 5.65. The SMILES string of the molecule is O=C(O)CCc1cc(-c2ccc(C(F)(F)F)cc2)[nH]c1-c1ccc(C(F)(F)F)cc1. The number of carboxylic acids is 1. The molecule has 158 valence electrons. The highest BCUT2D eigenvalue weighted by Gasteiger charge is 2.31. The molecule has 0 saturated carbocycles. The number of aryl methyl sites for hydroxylation is 1. The van der Waals surface area contributed by atoms with Crippen LogP contribution in [-0.2, 0) is 23.6 Å². The average molecular weight is 427 g/mol. The van der Waals surface area contributed by atoms with Crippen LogP contribution in [0, 0.1) is 0 Å². The standard InChI is InChI=1S/C21H15F6NO2/c22-20(23,24)15-6-1-12(2-7-15)17-11-14(5-10-18(29)30)19(28-17)13-3-8-16(9-4-13)21(25,26)27/h1-4,6-9,11,28H,5,10H2,(H,29,30). The van der Waals surface area contributed by atoms with Gasteiger partial charge in [0.25, 0.3) is 0 Å². The Hall–Kier alpha value is -3.23. The summed E-state index contributed by atoms with van der Waals surface area (Å²) < 4.78 is 76.7. The van der Waals surface area contributed by atoms with E-state index in [9.17, 15) is 31.1 Å². The summed E-state index contributed by atoms with van der Waals surface area (Å²) in [6, 6.07) is 10.3. The number of nitrogens with one attached hydrogen (secondary N) is 1. The first-order valence-corrected chi connectivity index (χ1v) is 8.74. The number of carbonyl (C=O) groups is 1. The summed E-state index contributed by atoms with van der Waals surface area (Å²) in [7, 11) is 0. The van der Waals surface area contributed by atoms with Gasteiger partial charge in [0.2, 0.25) is 0 Å². The van der Waals surface area contributed by atoms with Crippen molar-refractivity contribution in [2.45, 2.75) is 25.2 Å². The molecule has 2 aromatic carbocycles. The molecule has 3 aromatic rings. The van der Waals surface area contributed by atoms with Gasteiger partial charge in [-0.1, -0.05) is 24.3 Å². The molecule has 0 aliphatic heterocycles. The summed E-state index contributed by atoms with van der Waals surface area (Å²) in [5.41, 5.74) is 0.574. The number of hydrogen-bond acceptors (Lipinski definition) is 1. The van der Waals surface area contributed by atoms with Crippen LogP contribution in [0.25, 0.3) is 22.5 Å². The fourth-order valence-corrected chi connectivity index (χ4v) is 3.01. The molecule has 0 spiro atoms. The Morgan fingerprint density at radius 2 is 1.27 bits per heavy atom. The lowest BCUT2D eigenvalue weighted by Crippen LogP contribution is -2.04. The first-order valence-electron chi connectivity index (χ1n) is 8.74. The van der Waals surface area contributed by atoms with Crippen LogP contribution in [0.5, 0.6) is 0 Å². The number of hydrogen-bond donors (Lipinski definition) is 2. The first-order chi connectivity index (χ1) is 13.9. The number of alkyl halides is 6. The maximum atomic E-state index is 12.8. The highest BCUT2D eigenvalue weighted by atomic mass is 19.4. The Labute approximate surface area is 167 Å². The zero-order valence-electron chi connectivity index (χ0n) is 15.2. The number of halogens is 6. The number of H-pyrrole nitrogens is 1. The minimum Gasteiger partial charge on any atom is -0.481 e. The Morgan fingerprint density at radius 1 is 0.800 bits per heavy atom. The topological polar surface area (TPSA) is 53.1 Å². The summed E-state index contributed by atoms with van der Waals surface area (Å²) in [6.07, 6.45) is -9.08. The second-order valence-corrected chi connectivity index (χ2v) is 6.63. The number of aromatic nitrogens is 1. The zero-order valence-corrected chi connectivity index (χ0v) is 15.2. The molecule has 1 heterocycles. The van der Waals surface area contributed by atoms with Gasteiger partial charge in [-0.2, -0.15) is 26.3 Å². The number of aromatic amines is 1. The molecular formula is C21H15F6NO2. The molecule has 0 radical (unpaired) electrons. The lowest BCUT2D eigenvalue weighted by atomic mass is 10.0. The third kappa shape index (κ3) is 4.84. The average Bonchev–Trinajstić information content (AvgIpc) is 3.09. The molecular weight excluding hydrogens is 412 g/mol. The van der Waals surface area contributed by atoms with Crippen molar-refractivity contribution in [3.8, 4) is 22.5 Å². The van der Waals surface area contributed by atoms with Crippen LogP contribution in [0.1, 0.15) is 23.1 Å². The highest BCUT2D eigenvalue weighted by Crippen LogP contribution is 2.35. The van der Waals surface area contributed by atoms with E-state index in [0.29, 0.717) is 28.1 Å². The molecule has 3 nitrogen and oxygen atoms in total. The lowest BCUT2D eigenvalue weighted by Gasteiger charge is -2.08. The van der Waals surface area contributed by atoms with Gasteiger partial charge in [0.1, 0.15) is 0 Å². The van der Waals surface area contributed by atoms with E-state index in [1.807, 2.05) is 0 Å². The molecule has 0 fully saturated rings. The molecule has 0 aliphatic carbocycles. The smallest absolute Gasteiger partial charge is 0.416 e. The zero-order chi connectivity index (χ0) is 22.1. The van der Waals surface area contributed by atoms with Crippen molar-refractivity contribution < 1.29 is 36.2 Å². The third-order valence-electron chi connectivity index (χ3n) is 4.53. The van der Waals surface area contributed by atoms with Gasteiger partial charge in [-0.15, -0.1) is 0 Å². The van der Waals surface area contributed by atoms with Gasteiger partial charge in [-0.3, -0.25) is 4.79 Å². The van der Waals surface area contributed by atoms with E-state index in [1.165, 1.54) is 24.3 Å². The number of benzene rings is 2. The highest BCUT2D eigenvalue weighted by molar-refractivity contribution is 5.74. The first kappa shape index (κ1) is 21.5. The fraction of sp³-hybridized carbons (Fsp3) is 0.190. The minimum absolute atomic E-state index is 0.100. The molecule has 0 aliphatic rings. The molecule has 1 aromatic heterocycles. The number of carboxylic acid groups (broad SMARTS) is 1. The number of rotatable bonds is 5. The van der Waals surface area contributed by atoms with Crippen LogP contribution in [0.4, 0.5) is 26.3 Å². The Bertz CT molecular complexity index is 1030. The van der Waals surface area contributed by atoms with Crippen LogP contribution >= 0.6 is 0 Å². The van der Waals surface area contributed by atoms with E-state index < -0.39 is 29.4 Å². The molecule has 0 atom stereocenters. The van der Waals surface area contributed by atoms with Crippen LogP contribution in [0.2, 0.25) is 0 Å². The molecule has 0 saturated heterocycles. The molecule has 9 heteroatoms. The molecule has 0 bridgehead atoms. The van der Waals surface area contributed by atoms with E-state index in [2.05, 4.69) is 4.98 Å². The maximum absolute atomic E-state index is 12.8. The second kappa shape index (κ2) is 7.89. The normalized spacial score (nSPS) is 12.2. The Morgan fingerprint density at radius 3 is 1.70 bits per heavy atom. The predicted octanol–water partition coefficient (Wildman–Crippen LogP) is 6.40. The van der Waals surface area contributed by atoms with Crippen molar-refractivity contribution in [2.24, 2.45) is 0 Å². The second-order valence-electron chi connectivity index (χ2n) is 6.63. The monoisotopic (exact) mass is 427 g/mol. The van der Waals surface area contributed by atoms with Crippen molar-refractivity contribution in [1.82, 2.24) is 4.98 Å². The van der Waals surface area contributed by atoms with Gasteiger partial charge in [0, 0.05) is 17.8 Å². The third-order valence-corrected chi connectivity index (χ3v) is 4.53. The molecule has 2 N–H and O–H groups in total. The van der Waals surface area contributed by atoms with Gasteiger partial charge in [0.15, 0.2) is 0 Å². The number of aliphatic carboxylic acids is 1. The van der Waals surface area contributed by atoms with Gasteiger partial charge < -0.3 is 10.1 Å². The predicted molar refractivity (Wildman–Crippen MR) is 97.6 cm³/mol. The van der Waals surface area contributed by atoms with Crippen molar-refractivity contribution in [2.75, 3.05) is 0 Å². The van der Waals surface area contributed by atoms with E-state index in [1.54, 1.807) is 6.07 Å². The molecule has 0 amide bonds. The van der Waals surface area contributed by atoms with E-state index >= 15 is 0 Å². The van der Waals surface area contributed by atoms with Crippen molar-refractivity contribution in [1.29, 1.82) is 0 Å². The summed E-state index contributed by atoms with van der Waals surface area (Å²) in [5, 5.41) is 8.95. The van der Waals surface area contributed by atoms with Crippen molar-refractivity contribution >= 4 is 5.97 Å². The lowest BCUT2D eigenvalue weighted by molar-refractivity contribution is -0.138. The largest absolute Gasteiger partial charge is 0.481 e. The quantitative estimate of drug-likeness (QED) is 0.463. The van der Waals surface area contributed by atoms with Gasteiger partial charge in [0.05, 0.1) is 11.1 Å². The van der Waals surface area contributed by atoms with Crippen LogP contribution < -0.4 is 0 Å². The summed E-state index contributed by atoms with van der Waals surface area (Å²) in [4.78, 5) is 13.9. The van der Waals surface area contributed by atoms with Crippen LogP contribution in [-0.4, -0.2) is 16.1 Å². The Balaban J connectivity index is 2.00. The molecule has 30 heavy (non-hydrogen) atoms. The van der Waals surface area contributed by atoms with Gasteiger partial charge in [-0.25, -0.2) is 0 Å². The van der Waals surface area contributed by atoms with E-state index in [0.717, 1.165) is 24.3 Å². The summed E-state index contributed by atoms with van der Waals surface area (Å²) >= 11 is 0. The maximum Gasteiger partial charge on any atom is 0.416 e. The van der Waals surface area contributed by atoms with E-state index in [4.69, 9.17) is 5.11 Å². The van der Waals surface area contributed by atoms with E-state index in [-0.39, 0.29) is 12.8 Å². The van der Waals surface area contributed by atoms with Crippen LogP contribution in [0.3, 0.4) is 0 Å². The van der Waals surface area contributed by atoms with Crippen LogP contribution in [0.15, 0.2) is 54.6 Å². The van der Waals surface area contributed by atoms with Crippen molar-refractivity contribution in [3.63, 3.8) is 0 Å². The molecule has 0 unspecified atom stereocenters.